The number of allylic oxidation sites excluding steroid dienone is 12. The summed E-state index contributed by atoms with van der Waals surface area (Å²) < 4.78 is 33.7. The van der Waals surface area contributed by atoms with E-state index in [1.54, 1.807) is 0 Å². The van der Waals surface area contributed by atoms with E-state index < -0.39 is 13.9 Å². The first-order valence-electron chi connectivity index (χ1n) is 28.4. The quantitative estimate of drug-likeness (QED) is 0.0268. The molecule has 0 rings (SSSR count). The topological polar surface area (TPSA) is 117 Å². The summed E-state index contributed by atoms with van der Waals surface area (Å²) in [5, 5.41) is 0. The summed E-state index contributed by atoms with van der Waals surface area (Å²) in [5.74, 6) is -0.338. The van der Waals surface area contributed by atoms with Crippen molar-refractivity contribution in [1.29, 1.82) is 0 Å². The van der Waals surface area contributed by atoms with Gasteiger partial charge in [0.25, 0.3) is 0 Å². The molecule has 0 aliphatic rings. The Morgan fingerprint density at radius 1 is 0.441 bits per heavy atom. The molecule has 0 aliphatic carbocycles. The first kappa shape index (κ1) is 65.9. The Labute approximate surface area is 420 Å². The van der Waals surface area contributed by atoms with Gasteiger partial charge in [-0.2, -0.15) is 0 Å². The van der Waals surface area contributed by atoms with Crippen LogP contribution < -0.4 is 5.73 Å². The van der Waals surface area contributed by atoms with Crippen molar-refractivity contribution in [2.24, 2.45) is 5.73 Å². The minimum atomic E-state index is -4.29. The second-order valence-electron chi connectivity index (χ2n) is 18.8. The van der Waals surface area contributed by atoms with Crippen LogP contribution in [0.3, 0.4) is 0 Å². The Bertz CT molecular complexity index is 1280. The third-order valence-electron chi connectivity index (χ3n) is 12.1. The van der Waals surface area contributed by atoms with Crippen molar-refractivity contribution in [2.45, 2.75) is 264 Å². The van der Waals surface area contributed by atoms with Crippen LogP contribution in [0.25, 0.3) is 0 Å². The maximum atomic E-state index is 12.7. The van der Waals surface area contributed by atoms with Crippen LogP contribution in [-0.2, 0) is 27.9 Å². The Kier molecular flexibility index (Phi) is 54.2. The number of hydrogen-bond donors (Lipinski definition) is 2. The van der Waals surface area contributed by atoms with Crippen LogP contribution in [0.5, 0.6) is 0 Å². The van der Waals surface area contributed by atoms with Crippen LogP contribution in [0.15, 0.2) is 72.9 Å². The number of rotatable bonds is 54. The number of phosphoric ester groups is 1. The molecule has 0 saturated heterocycles. The molecule has 0 amide bonds. The maximum absolute atomic E-state index is 12.7. The van der Waals surface area contributed by atoms with Crippen LogP contribution >= 0.6 is 7.82 Å². The van der Waals surface area contributed by atoms with E-state index in [0.717, 1.165) is 64.2 Å². The fraction of sp³-hybridized carbons (Fsp3) is 0.780. The molecular weight excluding hydrogens is 866 g/mol. The molecule has 0 aromatic carbocycles. The molecule has 0 aromatic rings. The van der Waals surface area contributed by atoms with Gasteiger partial charge in [0.15, 0.2) is 0 Å². The fourth-order valence-electron chi connectivity index (χ4n) is 7.89. The smallest absolute Gasteiger partial charge is 0.457 e. The van der Waals surface area contributed by atoms with Gasteiger partial charge in [-0.05, 0) is 89.9 Å². The van der Waals surface area contributed by atoms with E-state index in [1.165, 1.54) is 173 Å². The summed E-state index contributed by atoms with van der Waals surface area (Å²) >= 11 is 0. The number of hydrogen-bond acceptors (Lipinski definition) is 7. The van der Waals surface area contributed by atoms with Gasteiger partial charge in [-0.3, -0.25) is 13.8 Å². The fourth-order valence-corrected chi connectivity index (χ4v) is 8.66. The Balaban J connectivity index is 3.93. The van der Waals surface area contributed by atoms with E-state index in [2.05, 4.69) is 86.8 Å². The molecule has 0 aliphatic heterocycles. The van der Waals surface area contributed by atoms with E-state index in [4.69, 9.17) is 24.3 Å². The second kappa shape index (κ2) is 55.9. The summed E-state index contributed by atoms with van der Waals surface area (Å²) in [6.07, 6.45) is 72.3. The van der Waals surface area contributed by atoms with Gasteiger partial charge < -0.3 is 20.1 Å². The maximum Gasteiger partial charge on any atom is 0.472 e. The van der Waals surface area contributed by atoms with E-state index in [1.807, 2.05) is 0 Å². The zero-order valence-corrected chi connectivity index (χ0v) is 45.2. The van der Waals surface area contributed by atoms with Crippen molar-refractivity contribution in [3.8, 4) is 0 Å². The van der Waals surface area contributed by atoms with Crippen LogP contribution in [0.4, 0.5) is 0 Å². The zero-order chi connectivity index (χ0) is 49.4. The third kappa shape index (κ3) is 54.9. The van der Waals surface area contributed by atoms with Gasteiger partial charge in [-0.25, -0.2) is 4.57 Å². The zero-order valence-electron chi connectivity index (χ0n) is 44.3. The molecule has 8 nitrogen and oxygen atoms in total. The van der Waals surface area contributed by atoms with Gasteiger partial charge in [-0.15, -0.1) is 0 Å². The van der Waals surface area contributed by atoms with Crippen molar-refractivity contribution < 1.29 is 32.8 Å². The number of nitrogens with two attached hydrogens (primary N) is 1. The molecule has 0 saturated carbocycles. The van der Waals surface area contributed by atoms with Crippen molar-refractivity contribution in [1.82, 2.24) is 0 Å². The molecule has 396 valence electrons. The first-order valence-corrected chi connectivity index (χ1v) is 29.9. The number of carbonyl (C=O) groups excluding carboxylic acids is 1. The SMILES string of the molecule is CCCCCCC/C=C\C/C=C\C/C=C\CCCCCCCCCCCCCOCC(COP(=O)(O)OCCN)OC(=O)CCCCCCCCCC/C=C\C/C=C\C/C=C\CCCCCCC. The van der Waals surface area contributed by atoms with Crippen molar-refractivity contribution in [2.75, 3.05) is 33.0 Å². The van der Waals surface area contributed by atoms with Gasteiger partial charge in [-0.1, -0.05) is 234 Å². The molecule has 2 unspecified atom stereocenters. The van der Waals surface area contributed by atoms with Crippen LogP contribution in [-0.4, -0.2) is 49.9 Å². The lowest BCUT2D eigenvalue weighted by atomic mass is 10.1. The van der Waals surface area contributed by atoms with Crippen LogP contribution in [0.1, 0.15) is 258 Å². The number of esters is 1. The van der Waals surface area contributed by atoms with Gasteiger partial charge >= 0.3 is 13.8 Å². The highest BCUT2D eigenvalue weighted by molar-refractivity contribution is 7.47. The molecule has 0 bridgehead atoms. The molecule has 68 heavy (non-hydrogen) atoms. The Hall–Kier alpha value is -2.06. The second-order valence-corrected chi connectivity index (χ2v) is 20.2. The van der Waals surface area contributed by atoms with Gasteiger partial charge in [0.05, 0.1) is 19.8 Å². The molecule has 9 heteroatoms. The Morgan fingerprint density at radius 3 is 1.16 bits per heavy atom. The lowest BCUT2D eigenvalue weighted by Gasteiger charge is -2.20. The number of ether oxygens (including phenoxy) is 2. The lowest BCUT2D eigenvalue weighted by Crippen LogP contribution is -2.28. The standard InChI is InChI=1S/C59H108NO7P/c1-3-5-7-9-11-13-15-17-19-21-23-25-27-28-29-31-33-35-37-39-41-43-45-47-49-51-54-64-56-58(57-66-68(62,63)65-55-53-60)67-59(61)52-50-48-46-44-42-40-38-36-34-32-30-26-24-22-20-18-16-14-12-10-8-6-4-2/h15-18,21-24,27-28,30,32,58H,3-14,19-20,25-26,29,31,33-57,60H2,1-2H3,(H,62,63)/b17-15-,18-16-,23-21-,24-22-,28-27-,32-30-. The van der Waals surface area contributed by atoms with Crippen LogP contribution in [0, 0.1) is 0 Å². The predicted molar refractivity (Wildman–Crippen MR) is 293 cm³/mol. The molecule has 2 atom stereocenters. The average Bonchev–Trinajstić information content (AvgIpc) is 3.33. The normalized spacial score (nSPS) is 13.8. The summed E-state index contributed by atoms with van der Waals surface area (Å²) in [6, 6.07) is 0. The lowest BCUT2D eigenvalue weighted by molar-refractivity contribution is -0.154. The largest absolute Gasteiger partial charge is 0.472 e. The molecule has 0 aromatic heterocycles. The van der Waals surface area contributed by atoms with Gasteiger partial charge in [0.1, 0.15) is 6.10 Å². The minimum Gasteiger partial charge on any atom is -0.457 e. The number of unbranched alkanes of at least 4 members (excludes halogenated alkanes) is 29. The highest BCUT2D eigenvalue weighted by Gasteiger charge is 2.25. The van der Waals surface area contributed by atoms with E-state index >= 15 is 0 Å². The van der Waals surface area contributed by atoms with Crippen molar-refractivity contribution in [3.05, 3.63) is 72.9 Å². The summed E-state index contributed by atoms with van der Waals surface area (Å²) in [5.41, 5.74) is 5.40. The monoisotopic (exact) mass is 974 g/mol. The molecule has 3 N–H and O–H groups in total. The number of carbonyl (C=O) groups is 1. The molecular formula is C59H108NO7P. The predicted octanol–water partition coefficient (Wildman–Crippen LogP) is 18.2. The van der Waals surface area contributed by atoms with Crippen molar-refractivity contribution >= 4 is 13.8 Å². The van der Waals surface area contributed by atoms with Gasteiger partial charge in [0.2, 0.25) is 0 Å². The molecule has 0 heterocycles. The number of phosphoric acid groups is 1. The van der Waals surface area contributed by atoms with E-state index in [-0.39, 0.29) is 32.3 Å². The molecule has 0 fully saturated rings. The first-order chi connectivity index (χ1) is 33.4. The van der Waals surface area contributed by atoms with Crippen molar-refractivity contribution in [3.63, 3.8) is 0 Å². The highest BCUT2D eigenvalue weighted by atomic mass is 31.2. The summed E-state index contributed by atoms with van der Waals surface area (Å²) in [4.78, 5) is 22.7. The average molecular weight is 974 g/mol. The minimum absolute atomic E-state index is 0.0958. The van der Waals surface area contributed by atoms with E-state index in [9.17, 15) is 14.3 Å². The van der Waals surface area contributed by atoms with Gasteiger partial charge in [0, 0.05) is 19.6 Å². The molecule has 0 spiro atoms. The summed E-state index contributed by atoms with van der Waals surface area (Å²) in [6.45, 7) is 4.90. The Morgan fingerprint density at radius 2 is 0.779 bits per heavy atom. The summed E-state index contributed by atoms with van der Waals surface area (Å²) in [7, 11) is -4.29. The molecule has 0 radical (unpaired) electrons. The van der Waals surface area contributed by atoms with Crippen LogP contribution in [0.2, 0.25) is 0 Å². The third-order valence-corrected chi connectivity index (χ3v) is 13.1. The van der Waals surface area contributed by atoms with E-state index in [0.29, 0.717) is 13.0 Å². The highest BCUT2D eigenvalue weighted by Crippen LogP contribution is 2.43.